The molecule has 0 saturated heterocycles. The third-order valence-electron chi connectivity index (χ3n) is 1.83. The quantitative estimate of drug-likeness (QED) is 0.562. The number of hydrogen-bond donors (Lipinski definition) is 1. The second-order valence-corrected chi connectivity index (χ2v) is 3.28. The van der Waals surface area contributed by atoms with Gasteiger partial charge in [0.2, 0.25) is 0 Å². The molecule has 0 spiro atoms. The van der Waals surface area contributed by atoms with Gasteiger partial charge < -0.3 is 5.32 Å². The molecule has 3 heteroatoms. The van der Waals surface area contributed by atoms with Gasteiger partial charge in [0.05, 0.1) is 5.54 Å². The molecule has 0 atom stereocenters. The zero-order valence-corrected chi connectivity index (χ0v) is 8.36. The molecular formula is C9H16N2O. The minimum atomic E-state index is -0.257. The Balaban J connectivity index is 4.38. The van der Waals surface area contributed by atoms with E-state index in [9.17, 15) is 4.79 Å². The lowest BCUT2D eigenvalue weighted by atomic mass is 10.1. The molecule has 1 amide bonds. The van der Waals surface area contributed by atoms with Crippen LogP contribution in [0.3, 0.4) is 0 Å². The maximum absolute atomic E-state index is 10.8. The maximum Gasteiger partial charge on any atom is 0.295 e. The first kappa shape index (κ1) is 11.0. The van der Waals surface area contributed by atoms with Crippen LogP contribution in [0.5, 0.6) is 0 Å². The first-order valence-electron chi connectivity index (χ1n) is 3.82. The zero-order chi connectivity index (χ0) is 9.78. The number of nitrogens with zero attached hydrogens (tertiary/aromatic N) is 1. The number of hydrogen-bond acceptors (Lipinski definition) is 2. The first-order valence-corrected chi connectivity index (χ1v) is 3.82. The van der Waals surface area contributed by atoms with Crippen molar-refractivity contribution in [1.82, 2.24) is 10.2 Å². The molecule has 0 unspecified atom stereocenters. The van der Waals surface area contributed by atoms with Gasteiger partial charge in [-0.25, -0.2) is 0 Å². The molecule has 0 aromatic carbocycles. The predicted molar refractivity (Wildman–Crippen MR) is 49.6 cm³/mol. The topological polar surface area (TPSA) is 32.3 Å². The molecule has 0 bridgehead atoms. The molecule has 0 aromatic rings. The summed E-state index contributed by atoms with van der Waals surface area (Å²) in [6.07, 6.45) is 0. The summed E-state index contributed by atoms with van der Waals surface area (Å²) in [5, 5.41) is 2.45. The molecule has 0 aliphatic rings. The number of carbonyl (C=O) groups excluding carboxylic acids is 1. The smallest absolute Gasteiger partial charge is 0.295 e. The molecule has 0 heterocycles. The Morgan fingerprint density at radius 1 is 1.42 bits per heavy atom. The van der Waals surface area contributed by atoms with Crippen molar-refractivity contribution < 1.29 is 4.79 Å². The van der Waals surface area contributed by atoms with E-state index in [1.54, 1.807) is 7.05 Å². The Morgan fingerprint density at radius 3 is 2.25 bits per heavy atom. The third kappa shape index (κ3) is 3.40. The van der Waals surface area contributed by atoms with E-state index in [1.165, 1.54) is 0 Å². The van der Waals surface area contributed by atoms with Gasteiger partial charge in [0.15, 0.2) is 0 Å². The SMILES string of the molecule is CNC(=O)C#CC(C)(C)N(C)C. The van der Waals surface area contributed by atoms with Gasteiger partial charge in [-0.15, -0.1) is 0 Å². The van der Waals surface area contributed by atoms with Crippen molar-refractivity contribution in [2.45, 2.75) is 19.4 Å². The van der Waals surface area contributed by atoms with Crippen LogP contribution in [0.15, 0.2) is 0 Å². The summed E-state index contributed by atoms with van der Waals surface area (Å²) < 4.78 is 0. The number of carbonyl (C=O) groups is 1. The van der Waals surface area contributed by atoms with Gasteiger partial charge >= 0.3 is 0 Å². The Labute approximate surface area is 74.1 Å². The molecule has 3 nitrogen and oxygen atoms in total. The van der Waals surface area contributed by atoms with Crippen molar-refractivity contribution in [1.29, 1.82) is 0 Å². The van der Waals surface area contributed by atoms with Gasteiger partial charge in [0, 0.05) is 7.05 Å². The lowest BCUT2D eigenvalue weighted by Crippen LogP contribution is -2.36. The van der Waals surface area contributed by atoms with E-state index in [1.807, 2.05) is 32.8 Å². The molecule has 0 radical (unpaired) electrons. The van der Waals surface area contributed by atoms with E-state index < -0.39 is 0 Å². The highest BCUT2D eigenvalue weighted by Crippen LogP contribution is 2.06. The molecule has 68 valence electrons. The van der Waals surface area contributed by atoms with Crippen molar-refractivity contribution in [3.63, 3.8) is 0 Å². The van der Waals surface area contributed by atoms with Crippen LogP contribution < -0.4 is 5.32 Å². The van der Waals surface area contributed by atoms with Crippen LogP contribution in [0.2, 0.25) is 0 Å². The Kier molecular flexibility index (Phi) is 3.78. The van der Waals surface area contributed by atoms with E-state index in [0.29, 0.717) is 0 Å². The highest BCUT2D eigenvalue weighted by Gasteiger charge is 2.16. The van der Waals surface area contributed by atoms with Crippen molar-refractivity contribution in [2.75, 3.05) is 21.1 Å². The number of rotatable bonds is 1. The summed E-state index contributed by atoms with van der Waals surface area (Å²) in [6.45, 7) is 3.92. The molecule has 1 N–H and O–H groups in total. The van der Waals surface area contributed by atoms with Crippen LogP contribution in [-0.4, -0.2) is 37.5 Å². The summed E-state index contributed by atoms with van der Waals surface area (Å²) in [5.74, 6) is 5.14. The molecule has 0 rings (SSSR count). The van der Waals surface area contributed by atoms with E-state index >= 15 is 0 Å². The van der Waals surface area contributed by atoms with Crippen LogP contribution in [0.4, 0.5) is 0 Å². The Bertz CT molecular complexity index is 220. The van der Waals surface area contributed by atoms with E-state index in [-0.39, 0.29) is 11.4 Å². The fourth-order valence-corrected chi connectivity index (χ4v) is 0.384. The standard InChI is InChI=1S/C9H16N2O/c1-9(2,11(4)5)7-6-8(12)10-3/h1-5H3,(H,10,12). The van der Waals surface area contributed by atoms with Gasteiger partial charge in [-0.1, -0.05) is 5.92 Å². The fourth-order valence-electron chi connectivity index (χ4n) is 0.384. The largest absolute Gasteiger partial charge is 0.348 e. The third-order valence-corrected chi connectivity index (χ3v) is 1.83. The predicted octanol–water partition coefficient (Wildman–Crippen LogP) is 0.0760. The van der Waals surface area contributed by atoms with Crippen LogP contribution in [0.25, 0.3) is 0 Å². The molecular weight excluding hydrogens is 152 g/mol. The molecule has 0 aliphatic carbocycles. The molecule has 0 fully saturated rings. The van der Waals surface area contributed by atoms with Crippen molar-refractivity contribution in [3.05, 3.63) is 0 Å². The highest BCUT2D eigenvalue weighted by molar-refractivity contribution is 5.93. The van der Waals surface area contributed by atoms with Crippen molar-refractivity contribution in [2.24, 2.45) is 0 Å². The normalized spacial score (nSPS) is 10.5. The summed E-state index contributed by atoms with van der Waals surface area (Å²) in [6, 6.07) is 0. The van der Waals surface area contributed by atoms with Crippen LogP contribution in [0, 0.1) is 11.8 Å². The minimum Gasteiger partial charge on any atom is -0.348 e. The molecule has 12 heavy (non-hydrogen) atoms. The van der Waals surface area contributed by atoms with Gasteiger partial charge in [-0.05, 0) is 33.9 Å². The van der Waals surface area contributed by atoms with Crippen LogP contribution >= 0.6 is 0 Å². The number of amides is 1. The monoisotopic (exact) mass is 168 g/mol. The Morgan fingerprint density at radius 2 is 1.92 bits per heavy atom. The first-order chi connectivity index (χ1) is 5.40. The van der Waals surface area contributed by atoms with Crippen LogP contribution in [-0.2, 0) is 4.79 Å². The van der Waals surface area contributed by atoms with E-state index in [4.69, 9.17) is 0 Å². The summed E-state index contributed by atoms with van der Waals surface area (Å²) >= 11 is 0. The van der Waals surface area contributed by atoms with Crippen molar-refractivity contribution in [3.8, 4) is 11.8 Å². The maximum atomic E-state index is 10.8. The average Bonchev–Trinajstić information content (AvgIpc) is 2.00. The molecule has 0 aromatic heterocycles. The second kappa shape index (κ2) is 4.13. The van der Waals surface area contributed by atoms with Gasteiger partial charge in [-0.2, -0.15) is 0 Å². The summed E-state index contributed by atoms with van der Waals surface area (Å²) in [5.41, 5.74) is -0.257. The lowest BCUT2D eigenvalue weighted by Gasteiger charge is -2.26. The molecule has 0 saturated carbocycles. The summed E-state index contributed by atoms with van der Waals surface area (Å²) in [7, 11) is 5.43. The van der Waals surface area contributed by atoms with E-state index in [0.717, 1.165) is 0 Å². The average molecular weight is 168 g/mol. The van der Waals surface area contributed by atoms with Crippen molar-refractivity contribution >= 4 is 5.91 Å². The van der Waals surface area contributed by atoms with Gasteiger partial charge in [0.25, 0.3) is 5.91 Å². The Hall–Kier alpha value is -1.01. The van der Waals surface area contributed by atoms with Crippen LogP contribution in [0.1, 0.15) is 13.8 Å². The number of nitrogens with one attached hydrogen (secondary N) is 1. The fraction of sp³-hybridized carbons (Fsp3) is 0.667. The lowest BCUT2D eigenvalue weighted by molar-refractivity contribution is -0.115. The van der Waals surface area contributed by atoms with E-state index in [2.05, 4.69) is 17.2 Å². The zero-order valence-electron chi connectivity index (χ0n) is 8.36. The van der Waals surface area contributed by atoms with Gasteiger partial charge in [-0.3, -0.25) is 9.69 Å². The summed E-state index contributed by atoms with van der Waals surface area (Å²) in [4.78, 5) is 12.7. The second-order valence-electron chi connectivity index (χ2n) is 3.28. The van der Waals surface area contributed by atoms with Gasteiger partial charge in [0.1, 0.15) is 0 Å². The minimum absolute atomic E-state index is 0.245. The highest BCUT2D eigenvalue weighted by atomic mass is 16.1. The molecule has 0 aliphatic heterocycles.